The first-order valence-corrected chi connectivity index (χ1v) is 8.19. The summed E-state index contributed by atoms with van der Waals surface area (Å²) in [7, 11) is 0.738. The highest BCUT2D eigenvalue weighted by Crippen LogP contribution is 2.40. The summed E-state index contributed by atoms with van der Waals surface area (Å²) < 4.78 is 44.0. The molecule has 150 valence electrons. The Kier molecular flexibility index (Phi) is 6.20. The minimum Gasteiger partial charge on any atom is -0.466 e. The normalized spacial score (nSPS) is 13.4. The van der Waals surface area contributed by atoms with Gasteiger partial charge in [-0.2, -0.15) is 13.2 Å². The van der Waals surface area contributed by atoms with E-state index in [1.165, 1.54) is 13.0 Å². The van der Waals surface area contributed by atoms with E-state index in [1.54, 1.807) is 18.2 Å². The van der Waals surface area contributed by atoms with Gasteiger partial charge in [0.1, 0.15) is 0 Å². The molecule has 0 aliphatic rings. The van der Waals surface area contributed by atoms with Crippen molar-refractivity contribution in [3.8, 4) is 0 Å². The van der Waals surface area contributed by atoms with Crippen LogP contribution in [-0.2, 0) is 15.1 Å². The molecule has 0 spiro atoms. The number of aliphatic hydroxyl groups is 1. The van der Waals surface area contributed by atoms with Crippen molar-refractivity contribution in [1.29, 1.82) is 0 Å². The number of esters is 1. The van der Waals surface area contributed by atoms with Gasteiger partial charge in [0.25, 0.3) is 5.60 Å². The Hall–Kier alpha value is -2.78. The predicted octanol–water partition coefficient (Wildman–Crippen LogP) is 4.22. The van der Waals surface area contributed by atoms with Crippen LogP contribution in [0.4, 0.5) is 29.3 Å². The Labute approximate surface area is 163 Å². The van der Waals surface area contributed by atoms with E-state index in [2.05, 4.69) is 15.4 Å². The van der Waals surface area contributed by atoms with E-state index in [0.717, 1.165) is 25.3 Å². The van der Waals surface area contributed by atoms with Crippen LogP contribution in [0.25, 0.3) is 0 Å². The molecule has 2 amide bonds. The number of benzene rings is 2. The second-order valence-electron chi connectivity index (χ2n) is 5.82. The predicted molar refractivity (Wildman–Crippen MR) is 97.2 cm³/mol. The number of anilines is 2. The highest BCUT2D eigenvalue weighted by Gasteiger charge is 2.62. The fourth-order valence-electron chi connectivity index (χ4n) is 2.42. The molecular formula is C18H16ClF3N2O4. The molecule has 10 heteroatoms. The zero-order chi connectivity index (χ0) is 21.1. The zero-order valence-corrected chi connectivity index (χ0v) is 15.5. The van der Waals surface area contributed by atoms with Crippen LogP contribution in [0, 0.1) is 6.92 Å². The van der Waals surface area contributed by atoms with Crippen LogP contribution in [0.2, 0.25) is 5.02 Å². The van der Waals surface area contributed by atoms with E-state index >= 15 is 0 Å². The number of methoxy groups -OCH3 is 1. The summed E-state index contributed by atoms with van der Waals surface area (Å²) >= 11 is 5.82. The zero-order valence-electron chi connectivity index (χ0n) is 14.7. The molecule has 28 heavy (non-hydrogen) atoms. The minimum atomic E-state index is -5.30. The highest BCUT2D eigenvalue weighted by atomic mass is 35.5. The summed E-state index contributed by atoms with van der Waals surface area (Å²) in [6, 6.07) is 8.67. The number of rotatable bonds is 4. The SMILES string of the molecule is COC(=O)[C@](O)(c1ccc(NC(=O)Nc2cccc(Cl)c2)c(C)c1)C(F)(F)F. The molecule has 0 saturated heterocycles. The molecule has 3 N–H and O–H groups in total. The van der Waals surface area contributed by atoms with E-state index in [-0.39, 0.29) is 11.3 Å². The molecule has 0 aliphatic carbocycles. The lowest BCUT2D eigenvalue weighted by molar-refractivity contribution is -0.266. The third-order valence-corrected chi connectivity index (χ3v) is 4.10. The summed E-state index contributed by atoms with van der Waals surface area (Å²) in [4.78, 5) is 23.7. The first-order valence-electron chi connectivity index (χ1n) is 7.81. The second kappa shape index (κ2) is 8.07. The third-order valence-electron chi connectivity index (χ3n) is 3.87. The quantitative estimate of drug-likeness (QED) is 0.651. The number of carbonyl (C=O) groups excluding carboxylic acids is 2. The van der Waals surface area contributed by atoms with E-state index in [4.69, 9.17) is 11.6 Å². The maximum absolute atomic E-state index is 13.3. The summed E-state index contributed by atoms with van der Waals surface area (Å²) in [6.45, 7) is 1.41. The Morgan fingerprint density at radius 3 is 2.32 bits per heavy atom. The third kappa shape index (κ3) is 4.37. The van der Waals surface area contributed by atoms with Crippen LogP contribution < -0.4 is 10.6 Å². The lowest BCUT2D eigenvalue weighted by atomic mass is 9.91. The molecule has 0 bridgehead atoms. The van der Waals surface area contributed by atoms with Gasteiger partial charge in [0, 0.05) is 22.0 Å². The smallest absolute Gasteiger partial charge is 0.432 e. The van der Waals surface area contributed by atoms with Crippen molar-refractivity contribution in [1.82, 2.24) is 0 Å². The monoisotopic (exact) mass is 416 g/mol. The average molecular weight is 417 g/mol. The van der Waals surface area contributed by atoms with Gasteiger partial charge >= 0.3 is 18.2 Å². The van der Waals surface area contributed by atoms with Crippen molar-refractivity contribution in [2.75, 3.05) is 17.7 Å². The number of ether oxygens (including phenoxy) is 1. The minimum absolute atomic E-state index is 0.178. The molecule has 2 rings (SSSR count). The van der Waals surface area contributed by atoms with Gasteiger partial charge in [-0.1, -0.05) is 29.8 Å². The van der Waals surface area contributed by atoms with Gasteiger partial charge in [0.2, 0.25) is 0 Å². The van der Waals surface area contributed by atoms with Crippen LogP contribution in [0.5, 0.6) is 0 Å². The van der Waals surface area contributed by atoms with E-state index in [1.807, 2.05) is 0 Å². The van der Waals surface area contributed by atoms with E-state index < -0.39 is 29.3 Å². The fourth-order valence-corrected chi connectivity index (χ4v) is 2.62. The maximum atomic E-state index is 13.3. The van der Waals surface area contributed by atoms with E-state index in [9.17, 15) is 27.9 Å². The van der Waals surface area contributed by atoms with Crippen LogP contribution in [-0.4, -0.2) is 30.4 Å². The van der Waals surface area contributed by atoms with Gasteiger partial charge < -0.3 is 20.5 Å². The molecule has 0 fully saturated rings. The number of aryl methyl sites for hydroxylation is 1. The number of urea groups is 1. The number of amides is 2. The maximum Gasteiger partial charge on any atom is 0.432 e. The van der Waals surface area contributed by atoms with Crippen molar-refractivity contribution in [2.45, 2.75) is 18.7 Å². The molecule has 1 atom stereocenters. The molecule has 2 aromatic rings. The van der Waals surface area contributed by atoms with Gasteiger partial charge in [-0.15, -0.1) is 0 Å². The largest absolute Gasteiger partial charge is 0.466 e. The van der Waals surface area contributed by atoms with Crippen LogP contribution in [0.1, 0.15) is 11.1 Å². The number of carbonyl (C=O) groups is 2. The van der Waals surface area contributed by atoms with E-state index in [0.29, 0.717) is 10.7 Å². The Bertz CT molecular complexity index is 905. The van der Waals surface area contributed by atoms with Crippen molar-refractivity contribution >= 4 is 35.0 Å². The van der Waals surface area contributed by atoms with Gasteiger partial charge in [-0.3, -0.25) is 0 Å². The average Bonchev–Trinajstić information content (AvgIpc) is 2.61. The van der Waals surface area contributed by atoms with Crippen molar-refractivity contribution < 1.29 is 32.6 Å². The number of hydrogen-bond acceptors (Lipinski definition) is 4. The molecule has 0 unspecified atom stereocenters. The number of hydrogen-bond donors (Lipinski definition) is 3. The Morgan fingerprint density at radius 1 is 1.11 bits per heavy atom. The Morgan fingerprint density at radius 2 is 1.79 bits per heavy atom. The van der Waals surface area contributed by atoms with Crippen molar-refractivity contribution in [3.05, 3.63) is 58.6 Å². The molecule has 0 aliphatic heterocycles. The molecule has 0 radical (unpaired) electrons. The molecule has 0 heterocycles. The summed E-state index contributed by atoms with van der Waals surface area (Å²) in [5.41, 5.74) is -3.78. The van der Waals surface area contributed by atoms with Crippen LogP contribution in [0.3, 0.4) is 0 Å². The number of halogens is 4. The summed E-state index contributed by atoms with van der Waals surface area (Å²) in [5.74, 6) is -1.86. The van der Waals surface area contributed by atoms with Gasteiger partial charge in [-0.05, 0) is 36.8 Å². The van der Waals surface area contributed by atoms with Gasteiger partial charge in [-0.25, -0.2) is 9.59 Å². The lowest BCUT2D eigenvalue weighted by Gasteiger charge is -2.28. The number of nitrogens with one attached hydrogen (secondary N) is 2. The van der Waals surface area contributed by atoms with Crippen molar-refractivity contribution in [3.63, 3.8) is 0 Å². The molecular weight excluding hydrogens is 401 g/mol. The van der Waals surface area contributed by atoms with Crippen LogP contribution >= 0.6 is 11.6 Å². The first-order chi connectivity index (χ1) is 13.0. The Balaban J connectivity index is 2.26. The van der Waals surface area contributed by atoms with Gasteiger partial charge in [0.05, 0.1) is 7.11 Å². The number of alkyl halides is 3. The van der Waals surface area contributed by atoms with Gasteiger partial charge in [0.15, 0.2) is 0 Å². The van der Waals surface area contributed by atoms with Crippen LogP contribution in [0.15, 0.2) is 42.5 Å². The molecule has 0 aromatic heterocycles. The van der Waals surface area contributed by atoms with Crippen molar-refractivity contribution in [2.24, 2.45) is 0 Å². The summed E-state index contributed by atoms with van der Waals surface area (Å²) in [6.07, 6.45) is -5.30. The fraction of sp³-hybridized carbons (Fsp3) is 0.222. The molecule has 2 aromatic carbocycles. The first kappa shape index (κ1) is 21.5. The highest BCUT2D eigenvalue weighted by molar-refractivity contribution is 6.30. The standard InChI is InChI=1S/C18H16ClF3N2O4/c1-10-8-11(17(27,15(25)28-2)18(20,21)22)6-7-14(10)24-16(26)23-13-5-3-4-12(19)9-13/h3-9,27H,1-2H3,(H2,23,24,26)/t17-/m1/s1. The lowest BCUT2D eigenvalue weighted by Crippen LogP contribution is -2.49. The molecule has 0 saturated carbocycles. The second-order valence-corrected chi connectivity index (χ2v) is 6.26. The summed E-state index contributed by atoms with van der Waals surface area (Å²) in [5, 5.41) is 15.4. The topological polar surface area (TPSA) is 87.7 Å². The molecule has 6 nitrogen and oxygen atoms in total.